The van der Waals surface area contributed by atoms with E-state index in [0.717, 1.165) is 6.07 Å². The third kappa shape index (κ3) is 1.76. The predicted molar refractivity (Wildman–Crippen MR) is 59.5 cm³/mol. The lowest BCUT2D eigenvalue weighted by Gasteiger charge is -2.07. The second-order valence-corrected chi connectivity index (χ2v) is 5.87. The monoisotopic (exact) mass is 259 g/mol. The van der Waals surface area contributed by atoms with Crippen molar-refractivity contribution in [2.24, 2.45) is 0 Å². The number of hydrogen-bond acceptors (Lipinski definition) is 3. The van der Waals surface area contributed by atoms with Crippen molar-refractivity contribution in [1.82, 2.24) is 4.98 Å². The van der Waals surface area contributed by atoms with Crippen LogP contribution < -0.4 is 0 Å². The molecular formula is C10H7ClFNO2S. The first kappa shape index (κ1) is 11.3. The number of aryl methyl sites for hydroxylation is 1. The summed E-state index contributed by atoms with van der Waals surface area (Å²) in [5, 5.41) is 0.398. The van der Waals surface area contributed by atoms with Gasteiger partial charge in [-0.05, 0) is 24.6 Å². The standard InChI is InChI=1S/C10H7ClFNO2S/c1-6-4-9(12)8-5-13-3-2-7(8)10(6)16(11,14)15/h2-5H,1H3. The summed E-state index contributed by atoms with van der Waals surface area (Å²) in [7, 11) is 1.43. The first-order valence-electron chi connectivity index (χ1n) is 4.39. The minimum Gasteiger partial charge on any atom is -0.264 e. The fraction of sp³-hybridized carbons (Fsp3) is 0.100. The molecule has 2 aromatic rings. The number of nitrogens with zero attached hydrogens (tertiary/aromatic N) is 1. The molecule has 0 aliphatic heterocycles. The average molecular weight is 260 g/mol. The van der Waals surface area contributed by atoms with Crippen LogP contribution in [0.1, 0.15) is 5.56 Å². The molecule has 3 nitrogen and oxygen atoms in total. The Bertz CT molecular complexity index is 670. The summed E-state index contributed by atoms with van der Waals surface area (Å²) < 4.78 is 36.3. The van der Waals surface area contributed by atoms with Gasteiger partial charge in [-0.15, -0.1) is 0 Å². The molecule has 16 heavy (non-hydrogen) atoms. The van der Waals surface area contributed by atoms with Crippen molar-refractivity contribution in [1.29, 1.82) is 0 Å². The molecule has 6 heteroatoms. The number of pyridine rings is 1. The SMILES string of the molecule is Cc1cc(F)c2cnccc2c1S(=O)(=O)Cl. The maximum atomic E-state index is 13.5. The first-order valence-corrected chi connectivity index (χ1v) is 6.69. The quantitative estimate of drug-likeness (QED) is 0.740. The Hall–Kier alpha value is -1.20. The second kappa shape index (κ2) is 3.68. The Morgan fingerprint density at radius 2 is 2.06 bits per heavy atom. The summed E-state index contributed by atoms with van der Waals surface area (Å²) in [5.74, 6) is -0.510. The summed E-state index contributed by atoms with van der Waals surface area (Å²) in [6.45, 7) is 1.50. The van der Waals surface area contributed by atoms with E-state index < -0.39 is 14.9 Å². The van der Waals surface area contributed by atoms with Gasteiger partial charge in [0.1, 0.15) is 5.82 Å². The summed E-state index contributed by atoms with van der Waals surface area (Å²) in [6.07, 6.45) is 2.67. The largest absolute Gasteiger partial charge is 0.264 e. The van der Waals surface area contributed by atoms with Crippen molar-refractivity contribution in [3.8, 4) is 0 Å². The van der Waals surface area contributed by atoms with Gasteiger partial charge in [-0.1, -0.05) is 0 Å². The van der Waals surface area contributed by atoms with Gasteiger partial charge in [-0.3, -0.25) is 4.98 Å². The van der Waals surface area contributed by atoms with Gasteiger partial charge in [0, 0.05) is 33.8 Å². The van der Waals surface area contributed by atoms with Crippen LogP contribution in [0, 0.1) is 12.7 Å². The predicted octanol–water partition coefficient (Wildman–Crippen LogP) is 2.61. The molecular weight excluding hydrogens is 253 g/mol. The molecule has 0 radical (unpaired) electrons. The highest BCUT2D eigenvalue weighted by Gasteiger charge is 2.19. The molecule has 0 saturated carbocycles. The molecule has 1 heterocycles. The van der Waals surface area contributed by atoms with Crippen LogP contribution in [0.2, 0.25) is 0 Å². The van der Waals surface area contributed by atoms with Gasteiger partial charge >= 0.3 is 0 Å². The smallest absolute Gasteiger partial charge is 0.262 e. The molecule has 0 spiro atoms. The highest BCUT2D eigenvalue weighted by atomic mass is 35.7. The van der Waals surface area contributed by atoms with E-state index in [1.807, 2.05) is 0 Å². The molecule has 84 valence electrons. The van der Waals surface area contributed by atoms with Crippen molar-refractivity contribution in [3.05, 3.63) is 35.9 Å². The Morgan fingerprint density at radius 1 is 1.38 bits per heavy atom. The van der Waals surface area contributed by atoms with Crippen LogP contribution in [0.3, 0.4) is 0 Å². The summed E-state index contributed by atoms with van der Waals surface area (Å²) in [5.41, 5.74) is 0.284. The van der Waals surface area contributed by atoms with Crippen molar-refractivity contribution in [2.45, 2.75) is 11.8 Å². The number of halogens is 2. The maximum Gasteiger partial charge on any atom is 0.262 e. The van der Waals surface area contributed by atoms with E-state index in [2.05, 4.69) is 4.98 Å². The number of aromatic nitrogens is 1. The third-order valence-corrected chi connectivity index (χ3v) is 3.76. The van der Waals surface area contributed by atoms with E-state index in [1.54, 1.807) is 0 Å². The minimum atomic E-state index is -3.90. The van der Waals surface area contributed by atoms with Gasteiger partial charge in [0.15, 0.2) is 0 Å². The Morgan fingerprint density at radius 3 is 2.69 bits per heavy atom. The third-order valence-electron chi connectivity index (χ3n) is 2.27. The number of fused-ring (bicyclic) bond motifs is 1. The summed E-state index contributed by atoms with van der Waals surface area (Å²) >= 11 is 0. The van der Waals surface area contributed by atoms with E-state index in [0.29, 0.717) is 0 Å². The Labute approximate surface area is 96.3 Å². The number of benzene rings is 1. The number of rotatable bonds is 1. The lowest BCUT2D eigenvalue weighted by Crippen LogP contribution is -1.98. The molecule has 0 aliphatic carbocycles. The van der Waals surface area contributed by atoms with E-state index in [1.165, 1.54) is 25.4 Å². The zero-order valence-corrected chi connectivity index (χ0v) is 9.81. The molecule has 2 rings (SSSR count). The molecule has 1 aromatic carbocycles. The molecule has 0 N–H and O–H groups in total. The van der Waals surface area contributed by atoms with Gasteiger partial charge in [0.05, 0.1) is 4.90 Å². The van der Waals surface area contributed by atoms with Crippen LogP contribution >= 0.6 is 10.7 Å². The Balaban J connectivity index is 3.05. The molecule has 0 aliphatic rings. The van der Waals surface area contributed by atoms with Crippen LogP contribution in [0.5, 0.6) is 0 Å². The van der Waals surface area contributed by atoms with Gasteiger partial charge in [0.25, 0.3) is 9.05 Å². The lowest BCUT2D eigenvalue weighted by atomic mass is 10.1. The van der Waals surface area contributed by atoms with Crippen molar-refractivity contribution in [3.63, 3.8) is 0 Å². The fourth-order valence-corrected chi connectivity index (χ4v) is 3.15. The molecule has 0 amide bonds. The van der Waals surface area contributed by atoms with Gasteiger partial charge in [0.2, 0.25) is 0 Å². The Kier molecular flexibility index (Phi) is 2.59. The van der Waals surface area contributed by atoms with Crippen LogP contribution in [-0.4, -0.2) is 13.4 Å². The van der Waals surface area contributed by atoms with Crippen LogP contribution in [-0.2, 0) is 9.05 Å². The van der Waals surface area contributed by atoms with E-state index in [9.17, 15) is 12.8 Å². The topological polar surface area (TPSA) is 47.0 Å². The highest BCUT2D eigenvalue weighted by Crippen LogP contribution is 2.30. The zero-order valence-electron chi connectivity index (χ0n) is 8.24. The first-order chi connectivity index (χ1) is 7.41. The molecule has 0 fully saturated rings. The maximum absolute atomic E-state index is 13.5. The van der Waals surface area contributed by atoms with Crippen molar-refractivity contribution < 1.29 is 12.8 Å². The highest BCUT2D eigenvalue weighted by molar-refractivity contribution is 8.14. The summed E-state index contributed by atoms with van der Waals surface area (Å²) in [4.78, 5) is 3.69. The van der Waals surface area contributed by atoms with E-state index in [4.69, 9.17) is 10.7 Å². The lowest BCUT2D eigenvalue weighted by molar-refractivity contribution is 0.609. The van der Waals surface area contributed by atoms with Gasteiger partial charge in [-0.25, -0.2) is 12.8 Å². The van der Waals surface area contributed by atoms with E-state index in [-0.39, 0.29) is 21.2 Å². The zero-order chi connectivity index (χ0) is 11.9. The van der Waals surface area contributed by atoms with Crippen molar-refractivity contribution >= 4 is 30.5 Å². The molecule has 0 saturated heterocycles. The second-order valence-electron chi connectivity index (χ2n) is 3.36. The van der Waals surface area contributed by atoms with Gasteiger partial charge < -0.3 is 0 Å². The van der Waals surface area contributed by atoms with Crippen molar-refractivity contribution in [2.75, 3.05) is 0 Å². The normalized spacial score (nSPS) is 11.9. The van der Waals surface area contributed by atoms with Gasteiger partial charge in [-0.2, -0.15) is 0 Å². The fourth-order valence-electron chi connectivity index (χ4n) is 1.65. The van der Waals surface area contributed by atoms with Crippen LogP contribution in [0.25, 0.3) is 10.8 Å². The average Bonchev–Trinajstić information content (AvgIpc) is 2.15. The van der Waals surface area contributed by atoms with E-state index >= 15 is 0 Å². The summed E-state index contributed by atoms with van der Waals surface area (Å²) in [6, 6.07) is 2.57. The van der Waals surface area contributed by atoms with Crippen LogP contribution in [0.4, 0.5) is 4.39 Å². The van der Waals surface area contributed by atoms with Crippen LogP contribution in [0.15, 0.2) is 29.4 Å². The number of hydrogen-bond donors (Lipinski definition) is 0. The molecule has 0 bridgehead atoms. The molecule has 0 atom stereocenters. The minimum absolute atomic E-state index is 0.0621. The molecule has 0 unspecified atom stereocenters. The molecule has 1 aromatic heterocycles.